The van der Waals surface area contributed by atoms with Gasteiger partial charge < -0.3 is 15.4 Å². The first-order valence-electron chi connectivity index (χ1n) is 7.06. The summed E-state index contributed by atoms with van der Waals surface area (Å²) in [5, 5.41) is 0. The molecular formula is C17H18N2O2. The molecule has 1 aliphatic rings. The van der Waals surface area contributed by atoms with Gasteiger partial charge in [0.15, 0.2) is 0 Å². The van der Waals surface area contributed by atoms with Crippen molar-refractivity contribution in [2.24, 2.45) is 5.73 Å². The lowest BCUT2D eigenvalue weighted by atomic mass is 10.0. The van der Waals surface area contributed by atoms with Gasteiger partial charge >= 0.3 is 0 Å². The smallest absolute Gasteiger partial charge is 0.248 e. The number of benzene rings is 2. The second-order valence-electron chi connectivity index (χ2n) is 5.27. The molecule has 0 bridgehead atoms. The topological polar surface area (TPSA) is 55.6 Å². The van der Waals surface area contributed by atoms with Crippen molar-refractivity contribution >= 4 is 11.6 Å². The number of carbonyl (C=O) groups is 1. The maximum absolute atomic E-state index is 11.2. The van der Waals surface area contributed by atoms with Crippen molar-refractivity contribution in [2.75, 3.05) is 18.5 Å². The molecule has 2 N–H and O–H groups in total. The van der Waals surface area contributed by atoms with Crippen molar-refractivity contribution in [1.82, 2.24) is 0 Å². The molecule has 1 heterocycles. The zero-order valence-electron chi connectivity index (χ0n) is 12.0. The van der Waals surface area contributed by atoms with E-state index in [1.807, 2.05) is 18.2 Å². The predicted molar refractivity (Wildman–Crippen MR) is 83.1 cm³/mol. The van der Waals surface area contributed by atoms with Gasteiger partial charge in [0.1, 0.15) is 11.5 Å². The van der Waals surface area contributed by atoms with E-state index in [4.69, 9.17) is 10.5 Å². The molecule has 0 radical (unpaired) electrons. The van der Waals surface area contributed by atoms with Crippen LogP contribution in [0.15, 0.2) is 42.5 Å². The number of hydrogen-bond donors (Lipinski definition) is 1. The Bertz CT molecular complexity index is 682. The third kappa shape index (κ3) is 2.70. The number of amides is 1. The molecule has 0 fully saturated rings. The second kappa shape index (κ2) is 5.48. The first kappa shape index (κ1) is 13.5. The Morgan fingerprint density at radius 3 is 2.86 bits per heavy atom. The molecule has 1 aliphatic heterocycles. The molecule has 2 aromatic rings. The van der Waals surface area contributed by atoms with Crippen LogP contribution in [0.2, 0.25) is 0 Å². The summed E-state index contributed by atoms with van der Waals surface area (Å²) in [6.07, 6.45) is 2.12. The number of nitrogens with zero attached hydrogens (tertiary/aromatic N) is 1. The van der Waals surface area contributed by atoms with E-state index in [2.05, 4.69) is 18.0 Å². The Morgan fingerprint density at radius 2 is 2.05 bits per heavy atom. The van der Waals surface area contributed by atoms with Crippen molar-refractivity contribution in [3.8, 4) is 11.5 Å². The maximum atomic E-state index is 11.2. The highest BCUT2D eigenvalue weighted by Gasteiger charge is 2.17. The number of rotatable bonds is 3. The van der Waals surface area contributed by atoms with Gasteiger partial charge in [-0.2, -0.15) is 0 Å². The Labute approximate surface area is 124 Å². The molecule has 0 spiro atoms. The summed E-state index contributed by atoms with van der Waals surface area (Å²) in [6.45, 7) is 1.06. The van der Waals surface area contributed by atoms with Crippen molar-refractivity contribution in [3.63, 3.8) is 0 Å². The van der Waals surface area contributed by atoms with E-state index < -0.39 is 5.91 Å². The van der Waals surface area contributed by atoms with Crippen LogP contribution >= 0.6 is 0 Å². The fraction of sp³-hybridized carbons (Fsp3) is 0.235. The molecule has 0 aromatic heterocycles. The first-order chi connectivity index (χ1) is 10.1. The van der Waals surface area contributed by atoms with Crippen LogP contribution in [0.25, 0.3) is 0 Å². The average Bonchev–Trinajstić information content (AvgIpc) is 2.49. The third-order valence-corrected chi connectivity index (χ3v) is 3.79. The van der Waals surface area contributed by atoms with Crippen LogP contribution in [0.1, 0.15) is 22.3 Å². The summed E-state index contributed by atoms with van der Waals surface area (Å²) in [5.41, 5.74) is 8.19. The van der Waals surface area contributed by atoms with Crippen LogP contribution in [0, 0.1) is 0 Å². The molecule has 0 atom stereocenters. The van der Waals surface area contributed by atoms with Gasteiger partial charge in [0.25, 0.3) is 0 Å². The summed E-state index contributed by atoms with van der Waals surface area (Å²) in [5.74, 6) is 1.03. The molecule has 4 heteroatoms. The standard InChI is InChI=1S/C17H18N2O2/c1-19-10-4-7-14-15(19)8-3-9-16(14)21-13-6-2-5-12(11-13)17(18)20/h2-3,5-6,8-9,11H,4,7,10H2,1H3,(H2,18,20). The summed E-state index contributed by atoms with van der Waals surface area (Å²) in [6, 6.07) is 13.0. The number of fused-ring (bicyclic) bond motifs is 1. The number of primary amides is 1. The summed E-state index contributed by atoms with van der Waals surface area (Å²) in [4.78, 5) is 13.5. The van der Waals surface area contributed by atoms with Crippen molar-refractivity contribution in [1.29, 1.82) is 0 Å². The molecule has 1 amide bonds. The van der Waals surface area contributed by atoms with E-state index in [9.17, 15) is 4.79 Å². The van der Waals surface area contributed by atoms with Gasteiger partial charge in [-0.05, 0) is 43.2 Å². The summed E-state index contributed by atoms with van der Waals surface area (Å²) >= 11 is 0. The Balaban J connectivity index is 1.94. The first-order valence-corrected chi connectivity index (χ1v) is 7.06. The van der Waals surface area contributed by atoms with Gasteiger partial charge in [0.2, 0.25) is 5.91 Å². The molecule has 3 rings (SSSR count). The van der Waals surface area contributed by atoms with E-state index >= 15 is 0 Å². The zero-order chi connectivity index (χ0) is 14.8. The van der Waals surface area contributed by atoms with Crippen LogP contribution in [-0.2, 0) is 6.42 Å². The normalized spacial score (nSPS) is 13.7. The fourth-order valence-corrected chi connectivity index (χ4v) is 2.71. The monoisotopic (exact) mass is 282 g/mol. The average molecular weight is 282 g/mol. The number of anilines is 1. The Kier molecular flexibility index (Phi) is 3.52. The minimum atomic E-state index is -0.449. The second-order valence-corrected chi connectivity index (χ2v) is 5.27. The van der Waals surface area contributed by atoms with Crippen LogP contribution in [0.4, 0.5) is 5.69 Å². The molecule has 21 heavy (non-hydrogen) atoms. The lowest BCUT2D eigenvalue weighted by Crippen LogP contribution is -2.24. The highest BCUT2D eigenvalue weighted by atomic mass is 16.5. The summed E-state index contributed by atoms with van der Waals surface area (Å²) < 4.78 is 5.98. The van der Waals surface area contributed by atoms with Crippen molar-refractivity contribution in [2.45, 2.75) is 12.8 Å². The molecule has 0 unspecified atom stereocenters. The van der Waals surface area contributed by atoms with Gasteiger partial charge in [-0.3, -0.25) is 4.79 Å². The SMILES string of the molecule is CN1CCCc2c(Oc3cccc(C(N)=O)c3)cccc21. The van der Waals surface area contributed by atoms with E-state index in [-0.39, 0.29) is 0 Å². The zero-order valence-corrected chi connectivity index (χ0v) is 12.0. The van der Waals surface area contributed by atoms with Crippen LogP contribution in [-0.4, -0.2) is 19.5 Å². The highest BCUT2D eigenvalue weighted by Crippen LogP contribution is 2.35. The molecule has 0 saturated heterocycles. The number of hydrogen-bond acceptors (Lipinski definition) is 3. The molecule has 0 aliphatic carbocycles. The number of nitrogens with two attached hydrogens (primary N) is 1. The lowest BCUT2D eigenvalue weighted by Gasteiger charge is -2.28. The quantitative estimate of drug-likeness (QED) is 0.941. The van der Waals surface area contributed by atoms with Crippen LogP contribution in [0.5, 0.6) is 11.5 Å². The Morgan fingerprint density at radius 1 is 1.24 bits per heavy atom. The van der Waals surface area contributed by atoms with Gasteiger partial charge in [-0.15, -0.1) is 0 Å². The molecular weight excluding hydrogens is 264 g/mol. The van der Waals surface area contributed by atoms with E-state index in [1.165, 1.54) is 11.3 Å². The molecule has 4 nitrogen and oxygen atoms in total. The largest absolute Gasteiger partial charge is 0.457 e. The summed E-state index contributed by atoms with van der Waals surface area (Å²) in [7, 11) is 2.09. The third-order valence-electron chi connectivity index (χ3n) is 3.79. The maximum Gasteiger partial charge on any atom is 0.248 e. The number of carbonyl (C=O) groups excluding carboxylic acids is 1. The molecule has 108 valence electrons. The minimum Gasteiger partial charge on any atom is -0.457 e. The van der Waals surface area contributed by atoms with Crippen LogP contribution in [0.3, 0.4) is 0 Å². The van der Waals surface area contributed by atoms with Gasteiger partial charge in [-0.25, -0.2) is 0 Å². The van der Waals surface area contributed by atoms with Crippen molar-refractivity contribution < 1.29 is 9.53 Å². The molecule has 0 saturated carbocycles. The molecule has 2 aromatic carbocycles. The van der Waals surface area contributed by atoms with Crippen molar-refractivity contribution in [3.05, 3.63) is 53.6 Å². The van der Waals surface area contributed by atoms with Gasteiger partial charge in [0, 0.05) is 30.4 Å². The lowest BCUT2D eigenvalue weighted by molar-refractivity contribution is 0.1000. The Hall–Kier alpha value is -2.49. The minimum absolute atomic E-state index is 0.449. The van der Waals surface area contributed by atoms with Gasteiger partial charge in [-0.1, -0.05) is 12.1 Å². The number of ether oxygens (including phenoxy) is 1. The highest BCUT2D eigenvalue weighted by molar-refractivity contribution is 5.93. The predicted octanol–water partition coefficient (Wildman–Crippen LogP) is 2.96. The van der Waals surface area contributed by atoms with E-state index in [0.717, 1.165) is 25.1 Å². The van der Waals surface area contributed by atoms with E-state index in [1.54, 1.807) is 18.2 Å². The van der Waals surface area contributed by atoms with Crippen LogP contribution < -0.4 is 15.4 Å². The van der Waals surface area contributed by atoms with Gasteiger partial charge in [0.05, 0.1) is 0 Å². The van der Waals surface area contributed by atoms with E-state index in [0.29, 0.717) is 11.3 Å². The fourth-order valence-electron chi connectivity index (χ4n) is 2.71.